The lowest BCUT2D eigenvalue weighted by molar-refractivity contribution is -0.153. The van der Waals surface area contributed by atoms with Crippen LogP contribution in [0.5, 0.6) is 0 Å². The Labute approximate surface area is 148 Å². The minimum Gasteiger partial charge on any atom is -0.479 e. The predicted molar refractivity (Wildman–Crippen MR) is 94.2 cm³/mol. The Bertz CT molecular complexity index is 644. The van der Waals surface area contributed by atoms with Gasteiger partial charge >= 0.3 is 5.97 Å². The van der Waals surface area contributed by atoms with Crippen LogP contribution in [0.15, 0.2) is 30.3 Å². The van der Waals surface area contributed by atoms with Gasteiger partial charge in [-0.15, -0.1) is 0 Å². The fourth-order valence-electron chi connectivity index (χ4n) is 4.20. The van der Waals surface area contributed by atoms with Crippen molar-refractivity contribution in [2.24, 2.45) is 11.8 Å². The fraction of sp³-hybridized carbons (Fsp3) is 0.600. The highest BCUT2D eigenvalue weighted by Crippen LogP contribution is 2.55. The van der Waals surface area contributed by atoms with Crippen LogP contribution in [0.25, 0.3) is 0 Å². The number of aliphatic carboxylic acids is 1. The lowest BCUT2D eigenvalue weighted by atomic mass is 9.96. The number of carboxylic acid groups (broad SMARTS) is 1. The Morgan fingerprint density at radius 3 is 2.56 bits per heavy atom. The van der Waals surface area contributed by atoms with Crippen LogP contribution in [0.4, 0.5) is 0 Å². The standard InChI is InChI=1S/C20H27NO4/c1-12(2)10-20(11-15(20)14-7-5-4-6-8-14)21-18(22)16-9-13(3)17(25-16)19(23)24/h4-8,12-13,15-17H,9-11H2,1-3H3,(H,21,22)(H,23,24)/t13-,15+,16-,17-,20-/m0/s1. The molecule has 1 heterocycles. The van der Waals surface area contributed by atoms with E-state index in [0.717, 1.165) is 12.8 Å². The van der Waals surface area contributed by atoms with E-state index in [9.17, 15) is 14.7 Å². The summed E-state index contributed by atoms with van der Waals surface area (Å²) in [5.41, 5.74) is 1.01. The summed E-state index contributed by atoms with van der Waals surface area (Å²) in [6.45, 7) is 6.13. The molecule has 3 rings (SSSR count). The number of ether oxygens (including phenoxy) is 1. The van der Waals surface area contributed by atoms with E-state index in [2.05, 4.69) is 31.3 Å². The van der Waals surface area contributed by atoms with E-state index >= 15 is 0 Å². The number of benzene rings is 1. The second-order valence-electron chi connectivity index (χ2n) is 8.01. The molecular weight excluding hydrogens is 318 g/mol. The maximum absolute atomic E-state index is 12.7. The van der Waals surface area contributed by atoms with Gasteiger partial charge in [0, 0.05) is 11.5 Å². The van der Waals surface area contributed by atoms with Crippen LogP contribution in [0.2, 0.25) is 0 Å². The summed E-state index contributed by atoms with van der Waals surface area (Å²) in [6, 6.07) is 10.2. The molecule has 2 fully saturated rings. The summed E-state index contributed by atoms with van der Waals surface area (Å²) < 4.78 is 5.50. The van der Waals surface area contributed by atoms with Gasteiger partial charge in [-0.1, -0.05) is 51.1 Å². The van der Waals surface area contributed by atoms with Gasteiger partial charge in [0.2, 0.25) is 5.91 Å². The monoisotopic (exact) mass is 345 g/mol. The van der Waals surface area contributed by atoms with Gasteiger partial charge in [-0.3, -0.25) is 4.79 Å². The van der Waals surface area contributed by atoms with Crippen LogP contribution >= 0.6 is 0 Å². The summed E-state index contributed by atoms with van der Waals surface area (Å²) >= 11 is 0. The van der Waals surface area contributed by atoms with Gasteiger partial charge in [0.1, 0.15) is 6.10 Å². The molecule has 1 aromatic rings. The van der Waals surface area contributed by atoms with E-state index in [-0.39, 0.29) is 17.4 Å². The first-order valence-electron chi connectivity index (χ1n) is 9.07. The number of amides is 1. The number of rotatable bonds is 6. The zero-order valence-electron chi connectivity index (χ0n) is 15.1. The Kier molecular flexibility index (Phi) is 4.87. The molecule has 1 amide bonds. The summed E-state index contributed by atoms with van der Waals surface area (Å²) in [4.78, 5) is 23.9. The van der Waals surface area contributed by atoms with E-state index in [0.29, 0.717) is 18.3 Å². The van der Waals surface area contributed by atoms with Gasteiger partial charge in [0.05, 0.1) is 0 Å². The molecule has 0 aromatic heterocycles. The molecule has 1 saturated carbocycles. The molecular formula is C20H27NO4. The quantitative estimate of drug-likeness (QED) is 0.831. The van der Waals surface area contributed by atoms with Crippen LogP contribution in [0.3, 0.4) is 0 Å². The zero-order valence-corrected chi connectivity index (χ0v) is 15.1. The molecule has 2 aliphatic rings. The summed E-state index contributed by atoms with van der Waals surface area (Å²) in [5.74, 6) is -0.542. The van der Waals surface area contributed by atoms with Crippen molar-refractivity contribution in [1.82, 2.24) is 5.32 Å². The van der Waals surface area contributed by atoms with Crippen LogP contribution in [0.1, 0.15) is 51.5 Å². The van der Waals surface area contributed by atoms with Gasteiger partial charge < -0.3 is 15.2 Å². The summed E-state index contributed by atoms with van der Waals surface area (Å²) in [7, 11) is 0. The molecule has 0 unspecified atom stereocenters. The van der Waals surface area contributed by atoms with E-state index in [1.807, 2.05) is 25.1 Å². The molecule has 0 bridgehead atoms. The molecule has 2 N–H and O–H groups in total. The first-order chi connectivity index (χ1) is 11.8. The Morgan fingerprint density at radius 2 is 2.00 bits per heavy atom. The summed E-state index contributed by atoms with van der Waals surface area (Å²) in [6.07, 6.45) is 0.725. The molecule has 0 spiro atoms. The van der Waals surface area contributed by atoms with Crippen LogP contribution < -0.4 is 5.32 Å². The fourth-order valence-corrected chi connectivity index (χ4v) is 4.20. The topological polar surface area (TPSA) is 75.6 Å². The van der Waals surface area contributed by atoms with Crippen LogP contribution in [-0.4, -0.2) is 34.7 Å². The van der Waals surface area contributed by atoms with Crippen molar-refractivity contribution >= 4 is 11.9 Å². The minimum atomic E-state index is -0.992. The van der Waals surface area contributed by atoms with Gasteiger partial charge in [0.25, 0.3) is 0 Å². The smallest absolute Gasteiger partial charge is 0.333 e. The number of nitrogens with one attached hydrogen (secondary N) is 1. The predicted octanol–water partition coefficient (Wildman–Crippen LogP) is 2.95. The van der Waals surface area contributed by atoms with Crippen molar-refractivity contribution in [2.45, 2.75) is 63.7 Å². The molecule has 5 atom stereocenters. The van der Waals surface area contributed by atoms with Crippen molar-refractivity contribution in [2.75, 3.05) is 0 Å². The Hall–Kier alpha value is -1.88. The number of hydrogen-bond donors (Lipinski definition) is 2. The number of carboxylic acids is 1. The number of carbonyl (C=O) groups excluding carboxylic acids is 1. The minimum absolute atomic E-state index is 0.154. The van der Waals surface area contributed by atoms with Crippen molar-refractivity contribution in [3.05, 3.63) is 35.9 Å². The van der Waals surface area contributed by atoms with Crippen molar-refractivity contribution in [3.63, 3.8) is 0 Å². The third-order valence-corrected chi connectivity index (χ3v) is 5.37. The largest absolute Gasteiger partial charge is 0.479 e. The highest BCUT2D eigenvalue weighted by Gasteiger charge is 2.56. The van der Waals surface area contributed by atoms with Crippen molar-refractivity contribution in [1.29, 1.82) is 0 Å². The van der Waals surface area contributed by atoms with Gasteiger partial charge in [-0.05, 0) is 36.7 Å². The van der Waals surface area contributed by atoms with Crippen molar-refractivity contribution in [3.8, 4) is 0 Å². The van der Waals surface area contributed by atoms with Crippen molar-refractivity contribution < 1.29 is 19.4 Å². The molecule has 5 heteroatoms. The number of hydrogen-bond acceptors (Lipinski definition) is 3. The molecule has 25 heavy (non-hydrogen) atoms. The average Bonchev–Trinajstić information content (AvgIpc) is 3.07. The lowest BCUT2D eigenvalue weighted by Gasteiger charge is -2.24. The molecule has 1 aliphatic carbocycles. The van der Waals surface area contributed by atoms with Gasteiger partial charge in [0.15, 0.2) is 6.10 Å². The number of carbonyl (C=O) groups is 2. The first-order valence-corrected chi connectivity index (χ1v) is 9.07. The van der Waals surface area contributed by atoms with Crippen LogP contribution in [-0.2, 0) is 14.3 Å². The SMILES string of the molecule is CC(C)C[C@]1(NC(=O)[C@@H]2C[C@H](C)[C@@H](C(=O)O)O2)C[C@@H]1c1ccccc1. The Morgan fingerprint density at radius 1 is 1.32 bits per heavy atom. The lowest BCUT2D eigenvalue weighted by Crippen LogP contribution is -2.45. The average molecular weight is 345 g/mol. The highest BCUT2D eigenvalue weighted by molar-refractivity contribution is 5.84. The first kappa shape index (κ1) is 17.9. The molecule has 1 aromatic carbocycles. The van der Waals surface area contributed by atoms with E-state index in [1.165, 1.54) is 5.56 Å². The van der Waals surface area contributed by atoms with E-state index in [1.54, 1.807) is 0 Å². The second kappa shape index (κ2) is 6.79. The van der Waals surface area contributed by atoms with Gasteiger partial charge in [-0.25, -0.2) is 4.79 Å². The Balaban J connectivity index is 1.70. The highest BCUT2D eigenvalue weighted by atomic mass is 16.5. The van der Waals surface area contributed by atoms with E-state index in [4.69, 9.17) is 4.74 Å². The normalized spacial score (nSPS) is 34.1. The van der Waals surface area contributed by atoms with Gasteiger partial charge in [-0.2, -0.15) is 0 Å². The molecule has 5 nitrogen and oxygen atoms in total. The molecule has 1 saturated heterocycles. The molecule has 1 aliphatic heterocycles. The maximum atomic E-state index is 12.7. The zero-order chi connectivity index (χ0) is 18.2. The van der Waals surface area contributed by atoms with Crippen LogP contribution in [0, 0.1) is 11.8 Å². The molecule has 0 radical (unpaired) electrons. The third kappa shape index (κ3) is 3.71. The maximum Gasteiger partial charge on any atom is 0.333 e. The third-order valence-electron chi connectivity index (χ3n) is 5.37. The molecule has 136 valence electrons. The second-order valence-corrected chi connectivity index (χ2v) is 8.01. The summed E-state index contributed by atoms with van der Waals surface area (Å²) in [5, 5.41) is 12.4. The van der Waals surface area contributed by atoms with E-state index < -0.39 is 18.2 Å².